The number of hydrogen-bond donors (Lipinski definition) is 2. The van der Waals surface area contributed by atoms with Crippen LogP contribution in [0.3, 0.4) is 0 Å². The molecule has 0 unspecified atom stereocenters. The normalized spacial score (nSPS) is 10.5. The predicted molar refractivity (Wildman–Crippen MR) is 112 cm³/mol. The highest BCUT2D eigenvalue weighted by Crippen LogP contribution is 2.23. The number of nitrogens with one attached hydrogen (secondary N) is 2. The Balaban J connectivity index is 1.42. The van der Waals surface area contributed by atoms with Gasteiger partial charge in [-0.05, 0) is 55.5 Å². The summed E-state index contributed by atoms with van der Waals surface area (Å²) in [6.07, 6.45) is 3.74. The number of carbonyl (C=O) groups is 1. The van der Waals surface area contributed by atoms with E-state index in [1.165, 1.54) is 0 Å². The van der Waals surface area contributed by atoms with E-state index in [9.17, 15) is 13.6 Å². The summed E-state index contributed by atoms with van der Waals surface area (Å²) in [6, 6.07) is 14.1. The molecule has 2 heterocycles. The Morgan fingerprint density at radius 2 is 1.71 bits per heavy atom. The number of benzene rings is 2. The molecule has 0 atom stereocenters. The Bertz CT molecular complexity index is 1210. The molecule has 0 bridgehead atoms. The quantitative estimate of drug-likeness (QED) is 0.459. The Labute approximate surface area is 176 Å². The van der Waals surface area contributed by atoms with Crippen LogP contribution in [-0.2, 0) is 0 Å². The van der Waals surface area contributed by atoms with Crippen LogP contribution in [0.2, 0.25) is 0 Å². The van der Waals surface area contributed by atoms with Gasteiger partial charge in [0.1, 0.15) is 29.0 Å². The summed E-state index contributed by atoms with van der Waals surface area (Å²) in [5.74, 6) is 0.709. The van der Waals surface area contributed by atoms with Crippen molar-refractivity contribution in [2.45, 2.75) is 6.92 Å². The summed E-state index contributed by atoms with van der Waals surface area (Å²) < 4.78 is 34.5. The minimum Gasteiger partial charge on any atom is -0.439 e. The molecule has 0 saturated carbocycles. The van der Waals surface area contributed by atoms with Gasteiger partial charge in [-0.3, -0.25) is 0 Å². The molecule has 0 aliphatic heterocycles. The van der Waals surface area contributed by atoms with E-state index in [0.717, 1.165) is 18.2 Å². The van der Waals surface area contributed by atoms with Crippen LogP contribution >= 0.6 is 0 Å². The molecule has 0 aliphatic carbocycles. The Morgan fingerprint density at radius 3 is 2.45 bits per heavy atom. The lowest BCUT2D eigenvalue weighted by molar-refractivity contribution is 0.262. The van der Waals surface area contributed by atoms with Gasteiger partial charge < -0.3 is 19.9 Å². The monoisotopic (exact) mass is 421 g/mol. The molecule has 0 fully saturated rings. The van der Waals surface area contributed by atoms with Gasteiger partial charge in [0, 0.05) is 30.2 Å². The van der Waals surface area contributed by atoms with Crippen molar-refractivity contribution in [1.29, 1.82) is 0 Å². The van der Waals surface area contributed by atoms with Crippen LogP contribution in [-0.4, -0.2) is 20.6 Å². The maximum Gasteiger partial charge on any atom is 0.323 e. The van der Waals surface area contributed by atoms with Crippen molar-refractivity contribution >= 4 is 17.4 Å². The highest BCUT2D eigenvalue weighted by atomic mass is 19.1. The number of ether oxygens (including phenoxy) is 1. The van der Waals surface area contributed by atoms with Crippen molar-refractivity contribution in [3.8, 4) is 17.4 Å². The first-order valence-corrected chi connectivity index (χ1v) is 9.26. The first-order valence-electron chi connectivity index (χ1n) is 9.26. The first kappa shape index (κ1) is 20.0. The molecule has 2 amide bonds. The smallest absolute Gasteiger partial charge is 0.323 e. The van der Waals surface area contributed by atoms with E-state index in [4.69, 9.17) is 4.74 Å². The summed E-state index contributed by atoms with van der Waals surface area (Å²) in [5.41, 5.74) is 0.184. The van der Waals surface area contributed by atoms with E-state index in [2.05, 4.69) is 20.6 Å². The van der Waals surface area contributed by atoms with Gasteiger partial charge in [-0.15, -0.1) is 0 Å². The van der Waals surface area contributed by atoms with Gasteiger partial charge in [0.15, 0.2) is 0 Å². The number of urea groups is 1. The molecular formula is C22H17F2N5O2. The minimum atomic E-state index is -0.736. The van der Waals surface area contributed by atoms with Gasteiger partial charge in [-0.1, -0.05) is 0 Å². The van der Waals surface area contributed by atoms with E-state index >= 15 is 0 Å². The van der Waals surface area contributed by atoms with Crippen molar-refractivity contribution < 1.29 is 18.3 Å². The third kappa shape index (κ3) is 5.02. The molecule has 0 aliphatic rings. The fourth-order valence-electron chi connectivity index (χ4n) is 2.80. The van der Waals surface area contributed by atoms with Gasteiger partial charge >= 0.3 is 6.03 Å². The zero-order chi connectivity index (χ0) is 21.8. The molecule has 9 heteroatoms. The van der Waals surface area contributed by atoms with Crippen molar-refractivity contribution in [2.75, 3.05) is 10.6 Å². The van der Waals surface area contributed by atoms with Crippen molar-refractivity contribution in [1.82, 2.24) is 14.5 Å². The fourth-order valence-corrected chi connectivity index (χ4v) is 2.80. The highest BCUT2D eigenvalue weighted by molar-refractivity contribution is 5.99. The number of aryl methyl sites for hydroxylation is 1. The molecule has 4 rings (SSSR count). The van der Waals surface area contributed by atoms with Gasteiger partial charge in [0.25, 0.3) is 0 Å². The standard InChI is InChI=1S/C22H17F2N5O2/c1-14-25-20(29-10-2-3-11-29)13-21(26-14)31-17-7-5-16(6-8-17)27-22(30)28-19-12-15(23)4-9-18(19)24/h2-13H,1H3,(H2,27,28,30). The van der Waals surface area contributed by atoms with E-state index in [1.807, 2.05) is 29.1 Å². The fraction of sp³-hybridized carbons (Fsp3) is 0.0455. The molecule has 4 aromatic rings. The van der Waals surface area contributed by atoms with Gasteiger partial charge in [0.05, 0.1) is 5.69 Å². The van der Waals surface area contributed by atoms with E-state index in [1.54, 1.807) is 37.3 Å². The molecule has 0 spiro atoms. The number of anilines is 2. The molecule has 0 saturated heterocycles. The molecule has 2 aromatic carbocycles. The highest BCUT2D eigenvalue weighted by Gasteiger charge is 2.09. The number of aromatic nitrogens is 3. The molecule has 2 N–H and O–H groups in total. The van der Waals surface area contributed by atoms with Gasteiger partial charge in [0.2, 0.25) is 5.88 Å². The van der Waals surface area contributed by atoms with Gasteiger partial charge in [-0.25, -0.2) is 18.6 Å². The number of hydrogen-bond acceptors (Lipinski definition) is 4. The molecule has 31 heavy (non-hydrogen) atoms. The molecule has 0 radical (unpaired) electrons. The van der Waals surface area contributed by atoms with Crippen molar-refractivity contribution in [2.24, 2.45) is 0 Å². The van der Waals surface area contributed by atoms with Crippen LogP contribution in [0.15, 0.2) is 73.1 Å². The van der Waals surface area contributed by atoms with Crippen molar-refractivity contribution in [3.05, 3.63) is 90.5 Å². The number of nitrogens with zero attached hydrogens (tertiary/aromatic N) is 3. The largest absolute Gasteiger partial charge is 0.439 e. The zero-order valence-electron chi connectivity index (χ0n) is 16.3. The molecule has 156 valence electrons. The van der Waals surface area contributed by atoms with Gasteiger partial charge in [-0.2, -0.15) is 4.98 Å². The number of rotatable bonds is 5. The van der Waals surface area contributed by atoms with Crippen LogP contribution in [0.1, 0.15) is 5.82 Å². The van der Waals surface area contributed by atoms with Crippen LogP contribution < -0.4 is 15.4 Å². The summed E-state index contributed by atoms with van der Waals surface area (Å²) in [5, 5.41) is 4.81. The third-order valence-electron chi connectivity index (χ3n) is 4.18. The van der Waals surface area contributed by atoms with Crippen LogP contribution in [0.4, 0.5) is 25.0 Å². The van der Waals surface area contributed by atoms with Crippen LogP contribution in [0, 0.1) is 18.6 Å². The molecular weight excluding hydrogens is 404 g/mol. The maximum absolute atomic E-state index is 13.6. The first-order chi connectivity index (χ1) is 15.0. The van der Waals surface area contributed by atoms with E-state index in [-0.39, 0.29) is 5.69 Å². The molecule has 7 nitrogen and oxygen atoms in total. The second kappa shape index (κ2) is 8.62. The average Bonchev–Trinajstić information content (AvgIpc) is 3.27. The maximum atomic E-state index is 13.6. The number of amides is 2. The van der Waals surface area contributed by atoms with E-state index < -0.39 is 17.7 Å². The molecule has 2 aromatic heterocycles. The average molecular weight is 421 g/mol. The van der Waals surface area contributed by atoms with Crippen LogP contribution in [0.25, 0.3) is 5.82 Å². The lowest BCUT2D eigenvalue weighted by Crippen LogP contribution is -2.20. The van der Waals surface area contributed by atoms with Crippen LogP contribution in [0.5, 0.6) is 11.6 Å². The summed E-state index contributed by atoms with van der Waals surface area (Å²) in [4.78, 5) is 20.7. The number of halogens is 2. The SMILES string of the molecule is Cc1nc(Oc2ccc(NC(=O)Nc3cc(F)ccc3F)cc2)cc(-n2cccc2)n1. The topological polar surface area (TPSA) is 81.1 Å². The van der Waals surface area contributed by atoms with Crippen molar-refractivity contribution in [3.63, 3.8) is 0 Å². The summed E-state index contributed by atoms with van der Waals surface area (Å²) in [7, 11) is 0. The third-order valence-corrected chi connectivity index (χ3v) is 4.18. The Kier molecular flexibility index (Phi) is 5.57. The number of carbonyl (C=O) groups excluding carboxylic acids is 1. The second-order valence-electron chi connectivity index (χ2n) is 6.53. The lowest BCUT2D eigenvalue weighted by Gasteiger charge is -2.10. The summed E-state index contributed by atoms with van der Waals surface area (Å²) >= 11 is 0. The lowest BCUT2D eigenvalue weighted by atomic mass is 10.3. The Morgan fingerprint density at radius 1 is 0.968 bits per heavy atom. The van der Waals surface area contributed by atoms with E-state index in [0.29, 0.717) is 29.0 Å². The predicted octanol–water partition coefficient (Wildman–Crippen LogP) is 5.29. The zero-order valence-corrected chi connectivity index (χ0v) is 16.3. The summed E-state index contributed by atoms with van der Waals surface area (Å²) in [6.45, 7) is 1.77. The minimum absolute atomic E-state index is 0.255. The second-order valence-corrected chi connectivity index (χ2v) is 6.53. The Hall–Kier alpha value is -4.27.